The Morgan fingerprint density at radius 2 is 1.00 bits per heavy atom. The molecule has 0 aromatic heterocycles. The van der Waals surface area contributed by atoms with Crippen LogP contribution in [0.15, 0.2) is 12.2 Å². The minimum atomic E-state index is -1.13. The van der Waals surface area contributed by atoms with Gasteiger partial charge in [-0.15, -0.1) is 0 Å². The zero-order valence-electron chi connectivity index (χ0n) is 33.3. The number of quaternary nitrogens is 1. The number of carbonyl (C=O) groups excluding carboxylic acids is 3. The van der Waals surface area contributed by atoms with E-state index < -0.39 is 18.1 Å². The van der Waals surface area contributed by atoms with Crippen LogP contribution in [0.5, 0.6) is 0 Å². The Kier molecular flexibility index (Phi) is 32.9. The first-order chi connectivity index (χ1) is 24.1. The number of nitrogens with zero attached hydrogens (tertiary/aromatic N) is 1. The van der Waals surface area contributed by atoms with Crippen molar-refractivity contribution in [2.45, 2.75) is 199 Å². The molecule has 50 heavy (non-hydrogen) atoms. The number of rotatable bonds is 37. The Balaban J connectivity index is 4.13. The van der Waals surface area contributed by atoms with Gasteiger partial charge in [0, 0.05) is 19.3 Å². The maximum atomic E-state index is 12.6. The zero-order valence-corrected chi connectivity index (χ0v) is 33.3. The molecule has 2 atom stereocenters. The zero-order chi connectivity index (χ0) is 37.1. The number of carbonyl (C=O) groups is 3. The highest BCUT2D eigenvalue weighted by molar-refractivity contribution is 5.70. The number of ether oxygens (including phenoxy) is 3. The minimum Gasteiger partial charge on any atom is -0.544 e. The molecule has 294 valence electrons. The average Bonchev–Trinajstić information content (AvgIpc) is 3.06. The van der Waals surface area contributed by atoms with Crippen molar-refractivity contribution in [1.82, 2.24) is 0 Å². The van der Waals surface area contributed by atoms with Crippen molar-refractivity contribution in [3.63, 3.8) is 0 Å². The van der Waals surface area contributed by atoms with E-state index in [-0.39, 0.29) is 42.7 Å². The second kappa shape index (κ2) is 34.2. The Labute approximate surface area is 308 Å². The second-order valence-corrected chi connectivity index (χ2v) is 15.2. The molecule has 0 aromatic carbocycles. The van der Waals surface area contributed by atoms with Gasteiger partial charge in [-0.1, -0.05) is 142 Å². The summed E-state index contributed by atoms with van der Waals surface area (Å²) in [5.41, 5.74) is 0. The topological polar surface area (TPSA) is 102 Å². The molecule has 0 aliphatic heterocycles. The average molecular weight is 710 g/mol. The van der Waals surface area contributed by atoms with Crippen LogP contribution in [0.3, 0.4) is 0 Å². The monoisotopic (exact) mass is 710 g/mol. The molecule has 0 saturated carbocycles. The van der Waals surface area contributed by atoms with E-state index in [0.717, 1.165) is 51.4 Å². The van der Waals surface area contributed by atoms with Gasteiger partial charge in [-0.05, 0) is 38.5 Å². The first-order valence-corrected chi connectivity index (χ1v) is 20.7. The number of hydrogen-bond donors (Lipinski definition) is 0. The van der Waals surface area contributed by atoms with Crippen molar-refractivity contribution >= 4 is 17.9 Å². The van der Waals surface area contributed by atoms with Gasteiger partial charge in [-0.3, -0.25) is 9.59 Å². The summed E-state index contributed by atoms with van der Waals surface area (Å²) in [5.74, 6) is -1.74. The molecular formula is C42H79NO7. The number of allylic oxidation sites excluding steroid dienone is 2. The number of esters is 2. The van der Waals surface area contributed by atoms with E-state index in [1.807, 2.05) is 0 Å². The van der Waals surface area contributed by atoms with Crippen molar-refractivity contribution in [1.29, 1.82) is 0 Å². The molecule has 0 aromatic rings. The molecule has 0 spiro atoms. The fourth-order valence-electron chi connectivity index (χ4n) is 6.12. The SMILES string of the molecule is CCCCCCCCCC/C=C\CCCCCCCCCCCC(=O)OC(COCCC(C(=O)[O-])[N+](C)(C)C)COC(=O)CCCCCCC. The van der Waals surface area contributed by atoms with Crippen molar-refractivity contribution in [2.24, 2.45) is 0 Å². The van der Waals surface area contributed by atoms with E-state index in [4.69, 9.17) is 14.2 Å². The van der Waals surface area contributed by atoms with Gasteiger partial charge in [0.05, 0.1) is 40.3 Å². The Morgan fingerprint density at radius 1 is 0.580 bits per heavy atom. The Morgan fingerprint density at radius 3 is 1.44 bits per heavy atom. The first-order valence-electron chi connectivity index (χ1n) is 20.7. The van der Waals surface area contributed by atoms with Gasteiger partial charge in [0.2, 0.25) is 0 Å². The van der Waals surface area contributed by atoms with E-state index >= 15 is 0 Å². The van der Waals surface area contributed by atoms with Crippen LogP contribution in [0.4, 0.5) is 0 Å². The number of unbranched alkanes of at least 4 members (excludes halogenated alkanes) is 21. The Bertz CT molecular complexity index is 838. The predicted molar refractivity (Wildman–Crippen MR) is 204 cm³/mol. The summed E-state index contributed by atoms with van der Waals surface area (Å²) in [6.45, 7) is 4.58. The molecule has 0 amide bonds. The van der Waals surface area contributed by atoms with Crippen LogP contribution in [0.1, 0.15) is 187 Å². The molecule has 0 bridgehead atoms. The van der Waals surface area contributed by atoms with Crippen molar-refractivity contribution in [3.05, 3.63) is 12.2 Å². The van der Waals surface area contributed by atoms with Gasteiger partial charge in [0.1, 0.15) is 12.6 Å². The largest absolute Gasteiger partial charge is 0.544 e. The maximum Gasteiger partial charge on any atom is 0.306 e. The lowest BCUT2D eigenvalue weighted by atomic mass is 10.1. The van der Waals surface area contributed by atoms with Crippen LogP contribution >= 0.6 is 0 Å². The van der Waals surface area contributed by atoms with Crippen LogP contribution in [0.25, 0.3) is 0 Å². The van der Waals surface area contributed by atoms with Gasteiger partial charge in [-0.25, -0.2) is 0 Å². The number of likely N-dealkylation sites (N-methyl/N-ethyl adjacent to an activating group) is 1. The molecule has 0 N–H and O–H groups in total. The fourth-order valence-corrected chi connectivity index (χ4v) is 6.12. The maximum absolute atomic E-state index is 12.6. The highest BCUT2D eigenvalue weighted by Gasteiger charge is 2.25. The predicted octanol–water partition coefficient (Wildman–Crippen LogP) is 9.41. The molecule has 0 aliphatic carbocycles. The second-order valence-electron chi connectivity index (χ2n) is 15.2. The third-order valence-corrected chi connectivity index (χ3v) is 9.40. The Hall–Kier alpha value is -1.93. The number of carboxylic acid groups (broad SMARTS) is 1. The fraction of sp³-hybridized carbons (Fsp3) is 0.881. The third kappa shape index (κ3) is 32.0. The van der Waals surface area contributed by atoms with Crippen LogP contribution < -0.4 is 5.11 Å². The van der Waals surface area contributed by atoms with E-state index in [0.29, 0.717) is 12.8 Å². The summed E-state index contributed by atoms with van der Waals surface area (Å²) in [6.07, 6.45) is 34.2. The van der Waals surface area contributed by atoms with Crippen molar-refractivity contribution < 1.29 is 38.2 Å². The molecule has 0 aliphatic rings. The summed E-state index contributed by atoms with van der Waals surface area (Å²) in [5, 5.41) is 11.5. The highest BCUT2D eigenvalue weighted by Crippen LogP contribution is 2.14. The van der Waals surface area contributed by atoms with E-state index in [1.165, 1.54) is 103 Å². The lowest BCUT2D eigenvalue weighted by Crippen LogP contribution is -2.55. The molecule has 2 unspecified atom stereocenters. The van der Waals surface area contributed by atoms with E-state index in [2.05, 4.69) is 26.0 Å². The lowest BCUT2D eigenvalue weighted by molar-refractivity contribution is -0.889. The minimum absolute atomic E-state index is 0.0437. The summed E-state index contributed by atoms with van der Waals surface area (Å²) in [6, 6.07) is -0.719. The van der Waals surface area contributed by atoms with Gasteiger partial charge in [0.25, 0.3) is 0 Å². The van der Waals surface area contributed by atoms with Crippen LogP contribution in [-0.2, 0) is 28.6 Å². The molecule has 0 fully saturated rings. The van der Waals surface area contributed by atoms with E-state index in [9.17, 15) is 19.5 Å². The van der Waals surface area contributed by atoms with Gasteiger partial charge in [-0.2, -0.15) is 0 Å². The number of aliphatic carboxylic acids is 1. The normalized spacial score (nSPS) is 13.1. The van der Waals surface area contributed by atoms with Gasteiger partial charge < -0.3 is 28.6 Å². The first kappa shape index (κ1) is 48.1. The standard InChI is InChI=1S/C42H79NO7/c1-6-8-10-12-13-14-15-16-17-18-19-20-21-22-23-24-25-26-27-29-31-33-41(45)50-38(37-49-40(44)32-30-28-11-9-7-2)36-48-35-34-39(42(46)47)43(3,4)5/h18-19,38-39H,6-17,20-37H2,1-5H3/b19-18-. The smallest absolute Gasteiger partial charge is 0.306 e. The van der Waals surface area contributed by atoms with Crippen molar-refractivity contribution in [2.75, 3.05) is 41.0 Å². The molecule has 8 nitrogen and oxygen atoms in total. The summed E-state index contributed by atoms with van der Waals surface area (Å²) in [4.78, 5) is 36.4. The van der Waals surface area contributed by atoms with Crippen LogP contribution in [-0.4, -0.2) is 75.5 Å². The van der Waals surface area contributed by atoms with Gasteiger partial charge in [0.15, 0.2) is 6.10 Å². The molecule has 0 radical (unpaired) electrons. The third-order valence-electron chi connectivity index (χ3n) is 9.40. The molecule has 0 rings (SSSR count). The molecule has 8 heteroatoms. The van der Waals surface area contributed by atoms with Gasteiger partial charge >= 0.3 is 11.9 Å². The lowest BCUT2D eigenvalue weighted by Gasteiger charge is -2.34. The summed E-state index contributed by atoms with van der Waals surface area (Å²) >= 11 is 0. The number of hydrogen-bond acceptors (Lipinski definition) is 7. The van der Waals surface area contributed by atoms with Crippen LogP contribution in [0, 0.1) is 0 Å². The summed E-state index contributed by atoms with van der Waals surface area (Å²) < 4.78 is 17.0. The molecular weight excluding hydrogens is 630 g/mol. The molecule has 0 heterocycles. The van der Waals surface area contributed by atoms with E-state index in [1.54, 1.807) is 21.1 Å². The quantitative estimate of drug-likeness (QED) is 0.0274. The molecule has 0 saturated heterocycles. The van der Waals surface area contributed by atoms with Crippen LogP contribution in [0.2, 0.25) is 0 Å². The van der Waals surface area contributed by atoms with Crippen molar-refractivity contribution in [3.8, 4) is 0 Å². The highest BCUT2D eigenvalue weighted by atomic mass is 16.6. The number of carboxylic acids is 1. The summed E-state index contributed by atoms with van der Waals surface area (Å²) in [7, 11) is 5.39.